The van der Waals surface area contributed by atoms with Crippen LogP contribution in [0, 0.1) is 0 Å². The summed E-state index contributed by atoms with van der Waals surface area (Å²) in [7, 11) is 3.93. The van der Waals surface area contributed by atoms with Gasteiger partial charge in [-0.2, -0.15) is 0 Å². The minimum Gasteiger partial charge on any atom is -0.507 e. The van der Waals surface area contributed by atoms with E-state index < -0.39 is 5.97 Å². The van der Waals surface area contributed by atoms with Crippen molar-refractivity contribution in [1.29, 1.82) is 0 Å². The van der Waals surface area contributed by atoms with E-state index >= 15 is 0 Å². The second kappa shape index (κ2) is 20.0. The number of nitrogens with zero attached hydrogens (tertiary/aromatic N) is 3. The molecular formula is C45H57N3O6. The summed E-state index contributed by atoms with van der Waals surface area (Å²) in [5, 5.41) is 22.8. The lowest BCUT2D eigenvalue weighted by molar-refractivity contribution is -0.150. The van der Waals surface area contributed by atoms with Crippen molar-refractivity contribution in [3.8, 4) is 17.2 Å². The molecule has 2 aliphatic rings. The first kappa shape index (κ1) is 40.3. The molecule has 5 rings (SSSR count). The zero-order valence-corrected chi connectivity index (χ0v) is 32.5. The van der Waals surface area contributed by atoms with E-state index in [1.54, 1.807) is 24.3 Å². The number of phenolic OH excluding ortho intramolecular Hbond substituents is 1. The number of carboxylic acid groups (broad SMARTS) is 1. The van der Waals surface area contributed by atoms with Crippen LogP contribution in [0.25, 0.3) is 33.3 Å². The molecule has 288 valence electrons. The van der Waals surface area contributed by atoms with Crippen molar-refractivity contribution in [1.82, 2.24) is 4.98 Å². The number of hydrogen-bond acceptors (Lipinski definition) is 8. The molecule has 0 amide bonds. The molecule has 0 radical (unpaired) electrons. The van der Waals surface area contributed by atoms with Gasteiger partial charge in [-0.1, -0.05) is 90.2 Å². The third-order valence-electron chi connectivity index (χ3n) is 10.2. The number of aryl methyl sites for hydroxylation is 1. The molecule has 0 unspecified atom stereocenters. The molecule has 0 spiro atoms. The molecule has 0 bridgehead atoms. The number of unbranched alkanes of at least 4 members (excludes halogenated alkanes) is 9. The Hall–Kier alpha value is -4.92. The van der Waals surface area contributed by atoms with E-state index in [-0.39, 0.29) is 23.4 Å². The van der Waals surface area contributed by atoms with E-state index in [4.69, 9.17) is 19.1 Å². The fraction of sp³-hybridized carbons (Fsp3) is 0.467. The van der Waals surface area contributed by atoms with Gasteiger partial charge in [-0.15, -0.1) is 0 Å². The molecule has 9 nitrogen and oxygen atoms in total. The van der Waals surface area contributed by atoms with Crippen molar-refractivity contribution in [3.63, 3.8) is 0 Å². The van der Waals surface area contributed by atoms with Crippen molar-refractivity contribution in [2.24, 2.45) is 4.99 Å². The minimum absolute atomic E-state index is 0.0462. The highest BCUT2D eigenvalue weighted by Gasteiger charge is 2.19. The largest absolute Gasteiger partial charge is 0.507 e. The number of fused-ring (bicyclic) bond motifs is 4. The van der Waals surface area contributed by atoms with Gasteiger partial charge in [-0.25, -0.2) is 14.8 Å². The van der Waals surface area contributed by atoms with Crippen LogP contribution < -0.4 is 10.3 Å². The molecule has 0 fully saturated rings. The Labute approximate surface area is 319 Å². The van der Waals surface area contributed by atoms with E-state index in [0.29, 0.717) is 51.8 Å². The zero-order chi connectivity index (χ0) is 38.5. The number of aromatic carboxylic acids is 1. The fourth-order valence-electron chi connectivity index (χ4n) is 7.09. The van der Waals surface area contributed by atoms with Crippen LogP contribution in [0.1, 0.15) is 126 Å². The van der Waals surface area contributed by atoms with Gasteiger partial charge < -0.3 is 24.3 Å². The third-order valence-corrected chi connectivity index (χ3v) is 10.2. The number of aromatic nitrogens is 1. The second-order valence-electron chi connectivity index (χ2n) is 14.7. The third kappa shape index (κ3) is 10.8. The van der Waals surface area contributed by atoms with Gasteiger partial charge in [0.15, 0.2) is 11.3 Å². The maximum Gasteiger partial charge on any atom is 0.335 e. The Morgan fingerprint density at radius 3 is 2.24 bits per heavy atom. The van der Waals surface area contributed by atoms with E-state index in [0.717, 1.165) is 107 Å². The number of hydrogen-bond donors (Lipinski definition) is 2. The summed E-state index contributed by atoms with van der Waals surface area (Å²) in [6.45, 7) is 4.34. The van der Waals surface area contributed by atoms with E-state index in [2.05, 4.69) is 13.8 Å². The molecule has 54 heavy (non-hydrogen) atoms. The number of carbonyl (C=O) groups is 2. The Morgan fingerprint density at radius 2 is 1.56 bits per heavy atom. The average Bonchev–Trinajstić information content (AvgIpc) is 3.15. The maximum absolute atomic E-state index is 12.4. The highest BCUT2D eigenvalue weighted by atomic mass is 16.5. The van der Waals surface area contributed by atoms with Gasteiger partial charge in [0.05, 0.1) is 22.0 Å². The Kier molecular flexibility index (Phi) is 14.9. The van der Waals surface area contributed by atoms with Crippen molar-refractivity contribution < 1.29 is 29.0 Å². The Morgan fingerprint density at radius 1 is 0.852 bits per heavy atom. The number of carboxylic acids is 1. The lowest BCUT2D eigenvalue weighted by Crippen LogP contribution is -2.18. The predicted molar refractivity (Wildman–Crippen MR) is 217 cm³/mol. The summed E-state index contributed by atoms with van der Waals surface area (Å²) in [4.78, 5) is 36.4. The first-order valence-corrected chi connectivity index (χ1v) is 20.0. The molecule has 1 aliphatic heterocycles. The summed E-state index contributed by atoms with van der Waals surface area (Å²) in [6.07, 6.45) is 15.9. The number of phenols is 1. The second-order valence-corrected chi connectivity index (χ2v) is 14.7. The number of anilines is 1. The maximum atomic E-state index is 12.4. The van der Waals surface area contributed by atoms with Crippen molar-refractivity contribution in [2.45, 2.75) is 123 Å². The SMILES string of the molecule is CCCCC(CCCC)OC(=O)CCCCCCCCCCc1cc(N=c2cc3oc4cc(N(C)C)ccc4nc-3c3c(O)cccc23)ccc1C(=O)O. The summed E-state index contributed by atoms with van der Waals surface area (Å²) in [6, 6.07) is 18.2. The Balaban J connectivity index is 1.19. The molecular weight excluding hydrogens is 679 g/mol. The first-order valence-electron chi connectivity index (χ1n) is 20.0. The summed E-state index contributed by atoms with van der Waals surface area (Å²) in [5.41, 5.74) is 4.49. The number of aromatic hydroxyl groups is 1. The van der Waals surface area contributed by atoms with Crippen LogP contribution in [0.3, 0.4) is 0 Å². The highest BCUT2D eigenvalue weighted by molar-refractivity contribution is 6.00. The molecule has 1 aliphatic carbocycles. The summed E-state index contributed by atoms with van der Waals surface area (Å²) in [5.74, 6) is -0.426. The molecule has 1 heterocycles. The number of carbonyl (C=O) groups excluding carboxylic acids is 1. The van der Waals surface area contributed by atoms with Gasteiger partial charge in [0.1, 0.15) is 23.1 Å². The van der Waals surface area contributed by atoms with Crippen LogP contribution in [0.4, 0.5) is 11.4 Å². The number of rotatable bonds is 21. The monoisotopic (exact) mass is 735 g/mol. The van der Waals surface area contributed by atoms with Crippen molar-refractivity contribution >= 4 is 45.2 Å². The van der Waals surface area contributed by atoms with Crippen LogP contribution in [0.15, 0.2) is 70.1 Å². The van der Waals surface area contributed by atoms with Gasteiger partial charge in [-0.05, 0) is 74.1 Å². The van der Waals surface area contributed by atoms with E-state index in [9.17, 15) is 19.8 Å². The molecule has 0 saturated heterocycles. The van der Waals surface area contributed by atoms with Gasteiger partial charge in [0.2, 0.25) is 0 Å². The summed E-state index contributed by atoms with van der Waals surface area (Å²) < 4.78 is 12.1. The zero-order valence-electron chi connectivity index (χ0n) is 32.5. The minimum atomic E-state index is -0.951. The normalized spacial score (nSPS) is 12.0. The fourth-order valence-corrected chi connectivity index (χ4v) is 7.09. The molecule has 3 aromatic rings. The predicted octanol–water partition coefficient (Wildman–Crippen LogP) is 11.1. The van der Waals surface area contributed by atoms with Crippen molar-refractivity contribution in [2.75, 3.05) is 19.0 Å². The topological polar surface area (TPSA) is 125 Å². The molecule has 9 heteroatoms. The van der Waals surface area contributed by atoms with E-state index in [1.807, 2.05) is 55.4 Å². The van der Waals surface area contributed by atoms with Gasteiger partial charge in [-0.3, -0.25) is 4.79 Å². The molecule has 3 aromatic carbocycles. The smallest absolute Gasteiger partial charge is 0.335 e. The van der Waals surface area contributed by atoms with Crippen LogP contribution >= 0.6 is 0 Å². The van der Waals surface area contributed by atoms with Gasteiger partial charge in [0.25, 0.3) is 0 Å². The molecule has 0 saturated carbocycles. The first-order chi connectivity index (χ1) is 26.2. The van der Waals surface area contributed by atoms with Crippen LogP contribution in [0.2, 0.25) is 0 Å². The average molecular weight is 736 g/mol. The van der Waals surface area contributed by atoms with Gasteiger partial charge >= 0.3 is 11.9 Å². The quantitative estimate of drug-likeness (QED) is 0.0330. The van der Waals surface area contributed by atoms with E-state index in [1.165, 1.54) is 0 Å². The lowest BCUT2D eigenvalue weighted by Gasteiger charge is -2.17. The molecule has 0 atom stereocenters. The standard InChI is InChI=1S/C45H57N3O6/c1-5-7-19-34(20-8-6-2)53-42(50)23-16-14-12-10-9-11-13-15-18-31-28-32(24-26-35(31)45(51)52)46-38-30-41-44(43-36(38)21-17-22-39(43)49)47-37-27-25-33(48(3)4)29-40(37)54-41/h17,21-22,24-30,34,49H,5-16,18-20,23H2,1-4H3,(H,51,52). The number of esters is 1. The number of ether oxygens (including phenoxy) is 1. The van der Waals surface area contributed by atoms with Crippen molar-refractivity contribution in [3.05, 3.63) is 77.1 Å². The van der Waals surface area contributed by atoms with Crippen LogP contribution in [0.5, 0.6) is 5.75 Å². The van der Waals surface area contributed by atoms with Gasteiger partial charge in [0, 0.05) is 43.7 Å². The Bertz CT molecular complexity index is 2040. The van der Waals surface area contributed by atoms with Crippen LogP contribution in [-0.2, 0) is 16.0 Å². The molecule has 2 N–H and O–H groups in total. The highest BCUT2D eigenvalue weighted by Crippen LogP contribution is 2.36. The number of benzene rings is 4. The van der Waals surface area contributed by atoms with Crippen LogP contribution in [-0.4, -0.2) is 47.3 Å². The molecule has 0 aromatic heterocycles. The summed E-state index contributed by atoms with van der Waals surface area (Å²) >= 11 is 0. The lowest BCUT2D eigenvalue weighted by atomic mass is 9.99.